The van der Waals surface area contributed by atoms with Crippen LogP contribution in [0.3, 0.4) is 0 Å². The summed E-state index contributed by atoms with van der Waals surface area (Å²) in [6.45, 7) is 2.43. The highest BCUT2D eigenvalue weighted by molar-refractivity contribution is 5.52. The number of hydrogen-bond donors (Lipinski definition) is 0. The Morgan fingerprint density at radius 3 is 2.55 bits per heavy atom. The summed E-state index contributed by atoms with van der Waals surface area (Å²) in [5, 5.41) is 0. The molecule has 1 aromatic carbocycles. The molecule has 1 aliphatic heterocycles. The second-order valence-electron chi connectivity index (χ2n) is 7.55. The summed E-state index contributed by atoms with van der Waals surface area (Å²) in [5.41, 5.74) is 2.75. The standard InChI is InChI=1S/C23H26N4O2/c1-25(2)21-10-13-26(16-21)19-6-8-20(9-7-19)27-14-11-22(15-23(27)28)29-17-18-5-3-4-12-24-18/h3-9,11-12,14-15,21H,10,13,16-17H2,1-2H3. The van der Waals surface area contributed by atoms with E-state index in [1.165, 1.54) is 18.2 Å². The van der Waals surface area contributed by atoms with Crippen LogP contribution in [0, 0.1) is 0 Å². The number of aromatic nitrogens is 2. The fraction of sp³-hybridized carbons (Fsp3) is 0.304. The lowest BCUT2D eigenvalue weighted by molar-refractivity contribution is 0.300. The second-order valence-corrected chi connectivity index (χ2v) is 7.55. The number of hydrogen-bond acceptors (Lipinski definition) is 5. The van der Waals surface area contributed by atoms with Crippen molar-refractivity contribution in [3.05, 3.63) is 83.0 Å². The van der Waals surface area contributed by atoms with Crippen molar-refractivity contribution in [2.24, 2.45) is 0 Å². The molecule has 0 aliphatic carbocycles. The van der Waals surface area contributed by atoms with E-state index in [0.29, 0.717) is 18.4 Å². The van der Waals surface area contributed by atoms with Crippen LogP contribution in [0.15, 0.2) is 71.8 Å². The third kappa shape index (κ3) is 4.49. The molecular formula is C23H26N4O2. The normalized spacial score (nSPS) is 16.4. The molecule has 1 aliphatic rings. The van der Waals surface area contributed by atoms with Gasteiger partial charge in [0.1, 0.15) is 12.4 Å². The zero-order valence-corrected chi connectivity index (χ0v) is 16.9. The van der Waals surface area contributed by atoms with Crippen molar-refractivity contribution in [1.82, 2.24) is 14.5 Å². The van der Waals surface area contributed by atoms with Gasteiger partial charge in [0.15, 0.2) is 0 Å². The van der Waals surface area contributed by atoms with Crippen molar-refractivity contribution in [2.45, 2.75) is 19.1 Å². The monoisotopic (exact) mass is 390 g/mol. The molecule has 1 atom stereocenters. The van der Waals surface area contributed by atoms with E-state index >= 15 is 0 Å². The molecule has 0 spiro atoms. The van der Waals surface area contributed by atoms with Gasteiger partial charge in [-0.25, -0.2) is 0 Å². The van der Waals surface area contributed by atoms with E-state index < -0.39 is 0 Å². The molecule has 4 rings (SSSR count). The van der Waals surface area contributed by atoms with E-state index in [2.05, 4.69) is 41.0 Å². The van der Waals surface area contributed by atoms with Crippen LogP contribution in [0.2, 0.25) is 0 Å². The van der Waals surface area contributed by atoms with Crippen LogP contribution < -0.4 is 15.2 Å². The molecule has 3 heterocycles. The highest BCUT2D eigenvalue weighted by Gasteiger charge is 2.23. The lowest BCUT2D eigenvalue weighted by Crippen LogP contribution is -2.31. The van der Waals surface area contributed by atoms with Gasteiger partial charge in [-0.05, 0) is 63.0 Å². The van der Waals surface area contributed by atoms with Gasteiger partial charge >= 0.3 is 0 Å². The Kier molecular flexibility index (Phi) is 5.62. The van der Waals surface area contributed by atoms with Crippen LogP contribution in [-0.4, -0.2) is 47.7 Å². The Labute approximate surface area is 171 Å². The summed E-state index contributed by atoms with van der Waals surface area (Å²) in [4.78, 5) is 21.5. The molecule has 0 N–H and O–H groups in total. The maximum atomic E-state index is 12.6. The summed E-state index contributed by atoms with van der Waals surface area (Å²) in [6.07, 6.45) is 4.65. The second kappa shape index (κ2) is 8.49. The number of nitrogens with zero attached hydrogens (tertiary/aromatic N) is 4. The zero-order valence-electron chi connectivity index (χ0n) is 16.9. The van der Waals surface area contributed by atoms with Crippen LogP contribution in [0.1, 0.15) is 12.1 Å². The highest BCUT2D eigenvalue weighted by Crippen LogP contribution is 2.23. The van der Waals surface area contributed by atoms with Gasteiger partial charge in [0.2, 0.25) is 0 Å². The Morgan fingerprint density at radius 2 is 1.90 bits per heavy atom. The van der Waals surface area contributed by atoms with E-state index in [0.717, 1.165) is 24.5 Å². The van der Waals surface area contributed by atoms with E-state index in [1.807, 2.05) is 30.3 Å². The van der Waals surface area contributed by atoms with Crippen LogP contribution in [-0.2, 0) is 6.61 Å². The van der Waals surface area contributed by atoms with Crippen molar-refractivity contribution in [3.8, 4) is 11.4 Å². The van der Waals surface area contributed by atoms with Crippen LogP contribution in [0.5, 0.6) is 5.75 Å². The van der Waals surface area contributed by atoms with Crippen molar-refractivity contribution in [2.75, 3.05) is 32.1 Å². The molecule has 1 unspecified atom stereocenters. The average Bonchev–Trinajstić information content (AvgIpc) is 3.24. The summed E-state index contributed by atoms with van der Waals surface area (Å²) in [7, 11) is 4.26. The molecule has 1 fully saturated rings. The molecule has 2 aromatic heterocycles. The van der Waals surface area contributed by atoms with Crippen LogP contribution in [0.25, 0.3) is 5.69 Å². The fourth-order valence-electron chi connectivity index (χ4n) is 3.63. The van der Waals surface area contributed by atoms with E-state index in [9.17, 15) is 4.79 Å². The first-order chi connectivity index (χ1) is 14.1. The van der Waals surface area contributed by atoms with Gasteiger partial charge in [-0.3, -0.25) is 14.3 Å². The Bertz CT molecular complexity index is 999. The van der Waals surface area contributed by atoms with Gasteiger partial charge in [-0.15, -0.1) is 0 Å². The van der Waals surface area contributed by atoms with Gasteiger partial charge < -0.3 is 14.5 Å². The smallest absolute Gasteiger partial charge is 0.258 e. The van der Waals surface area contributed by atoms with Gasteiger partial charge in [0.05, 0.1) is 5.69 Å². The van der Waals surface area contributed by atoms with Crippen LogP contribution in [0.4, 0.5) is 5.69 Å². The minimum atomic E-state index is -0.120. The minimum absolute atomic E-state index is 0.120. The molecule has 1 saturated heterocycles. The molecule has 0 amide bonds. The molecule has 0 saturated carbocycles. The predicted octanol–water partition coefficient (Wildman–Crippen LogP) is 2.95. The minimum Gasteiger partial charge on any atom is -0.487 e. The van der Waals surface area contributed by atoms with Crippen molar-refractivity contribution in [1.29, 1.82) is 0 Å². The van der Waals surface area contributed by atoms with Gasteiger partial charge in [-0.2, -0.15) is 0 Å². The summed E-state index contributed by atoms with van der Waals surface area (Å²) in [6, 6.07) is 17.7. The SMILES string of the molecule is CN(C)C1CCN(c2ccc(-n3ccc(OCc4ccccn4)cc3=O)cc2)C1. The predicted molar refractivity (Wildman–Crippen MR) is 115 cm³/mol. The zero-order chi connectivity index (χ0) is 20.2. The largest absolute Gasteiger partial charge is 0.487 e. The van der Waals surface area contributed by atoms with Crippen LogP contribution >= 0.6 is 0 Å². The third-order valence-electron chi connectivity index (χ3n) is 5.39. The number of likely N-dealkylation sites (N-methyl/N-ethyl adjacent to an activating group) is 1. The average molecular weight is 390 g/mol. The van der Waals surface area contributed by atoms with Crippen molar-refractivity contribution < 1.29 is 4.74 Å². The number of anilines is 1. The first kappa shape index (κ1) is 19.2. The maximum absolute atomic E-state index is 12.6. The lowest BCUT2D eigenvalue weighted by Gasteiger charge is -2.22. The molecule has 0 radical (unpaired) electrons. The number of rotatable bonds is 6. The number of ether oxygens (including phenoxy) is 1. The van der Waals surface area contributed by atoms with E-state index in [1.54, 1.807) is 23.0 Å². The topological polar surface area (TPSA) is 50.6 Å². The Balaban J connectivity index is 1.44. The molecule has 29 heavy (non-hydrogen) atoms. The summed E-state index contributed by atoms with van der Waals surface area (Å²) in [5.74, 6) is 0.542. The maximum Gasteiger partial charge on any atom is 0.258 e. The molecule has 3 aromatic rings. The number of pyridine rings is 2. The molecule has 0 bridgehead atoms. The number of benzene rings is 1. The lowest BCUT2D eigenvalue weighted by atomic mass is 10.2. The summed E-state index contributed by atoms with van der Waals surface area (Å²) < 4.78 is 7.32. The van der Waals surface area contributed by atoms with Crippen molar-refractivity contribution in [3.63, 3.8) is 0 Å². The van der Waals surface area contributed by atoms with Crippen molar-refractivity contribution >= 4 is 5.69 Å². The molecular weight excluding hydrogens is 364 g/mol. The Hall–Kier alpha value is -3.12. The van der Waals surface area contributed by atoms with E-state index in [4.69, 9.17) is 4.74 Å². The van der Waals surface area contributed by atoms with Gasteiger partial charge in [0, 0.05) is 49.0 Å². The molecule has 6 heteroatoms. The first-order valence-electron chi connectivity index (χ1n) is 9.87. The quantitative estimate of drug-likeness (QED) is 0.648. The molecule has 150 valence electrons. The van der Waals surface area contributed by atoms with Gasteiger partial charge in [0.25, 0.3) is 5.56 Å². The third-order valence-corrected chi connectivity index (χ3v) is 5.39. The van der Waals surface area contributed by atoms with E-state index in [-0.39, 0.29) is 5.56 Å². The molecule has 6 nitrogen and oxygen atoms in total. The fourth-order valence-corrected chi connectivity index (χ4v) is 3.63. The first-order valence-corrected chi connectivity index (χ1v) is 9.87. The highest BCUT2D eigenvalue weighted by atomic mass is 16.5. The van der Waals surface area contributed by atoms with Gasteiger partial charge in [-0.1, -0.05) is 6.07 Å². The summed E-state index contributed by atoms with van der Waals surface area (Å²) >= 11 is 0. The Morgan fingerprint density at radius 1 is 1.10 bits per heavy atom.